The van der Waals surface area contributed by atoms with Crippen molar-refractivity contribution in [1.29, 1.82) is 0 Å². The first-order valence-electron chi connectivity index (χ1n) is 2.09. The first-order chi connectivity index (χ1) is 5.20. The van der Waals surface area contributed by atoms with Gasteiger partial charge in [0.2, 0.25) is 0 Å². The fourth-order valence-corrected chi connectivity index (χ4v) is 0. The molecule has 0 aliphatic heterocycles. The van der Waals surface area contributed by atoms with Crippen LogP contribution in [-0.2, 0) is 57.4 Å². The van der Waals surface area contributed by atoms with Gasteiger partial charge < -0.3 is 91.7 Å². The molecule has 11 heteroatoms. The molecule has 6 N–H and O–H groups in total. The van der Waals surface area contributed by atoms with E-state index in [-0.39, 0.29) is 62.0 Å². The molecule has 0 saturated carbocycles. The summed E-state index contributed by atoms with van der Waals surface area (Å²) in [5, 5.41) is 0. The molecule has 72 valence electrons. The van der Waals surface area contributed by atoms with Gasteiger partial charge in [-0.15, -0.1) is 0 Å². The second-order valence-electron chi connectivity index (χ2n) is 0.957. The normalized spacial score (nSPS) is 5.14. The summed E-state index contributed by atoms with van der Waals surface area (Å²) >= 11 is 24.8. The third-order valence-corrected chi connectivity index (χ3v) is 0. The summed E-state index contributed by atoms with van der Waals surface area (Å²) in [6.07, 6.45) is 0. The van der Waals surface area contributed by atoms with Crippen molar-refractivity contribution in [2.24, 2.45) is 17.2 Å². The predicted molar refractivity (Wildman–Crippen MR) is 72.5 cm³/mol. The third kappa shape index (κ3) is 614. The van der Waals surface area contributed by atoms with Gasteiger partial charge in [0.15, 0.2) is 0 Å². The summed E-state index contributed by atoms with van der Waals surface area (Å²) in [6.45, 7) is 0. The van der Waals surface area contributed by atoms with Crippen LogP contribution in [-0.4, -0.2) is 13.0 Å². The second kappa shape index (κ2) is 24.3. The van der Waals surface area contributed by atoms with Crippen LogP contribution < -0.4 is 46.8 Å². The van der Waals surface area contributed by atoms with Gasteiger partial charge in [-0.2, -0.15) is 0 Å². The van der Waals surface area contributed by atoms with Crippen LogP contribution in [0.25, 0.3) is 0 Å². The molecule has 0 aromatic heterocycles. The minimum atomic E-state index is 0. The SMILES string of the molecule is NC(=S)[S-].NC(=S)[S-].NC(=S)[S-].[Na+].[Zn+2]. The molecule has 0 unspecified atom stereocenters. The van der Waals surface area contributed by atoms with E-state index in [2.05, 4.69) is 91.7 Å². The number of thiocarbonyl (C=S) groups is 3. The molecule has 0 amide bonds. The van der Waals surface area contributed by atoms with Gasteiger partial charge in [-0.3, -0.25) is 0 Å². The fraction of sp³-hybridized carbons (Fsp3) is 0. The van der Waals surface area contributed by atoms with Crippen LogP contribution in [0.2, 0.25) is 0 Å². The van der Waals surface area contributed by atoms with Crippen molar-refractivity contribution >= 4 is 87.5 Å². The maximum Gasteiger partial charge on any atom is 2.00 e. The van der Waals surface area contributed by atoms with Crippen LogP contribution in [0.4, 0.5) is 0 Å². The van der Waals surface area contributed by atoms with Crippen LogP contribution in [0.15, 0.2) is 0 Å². The van der Waals surface area contributed by atoms with Gasteiger partial charge in [-0.05, 0) is 0 Å². The number of rotatable bonds is 0. The summed E-state index contributed by atoms with van der Waals surface area (Å²) in [5.41, 5.74) is 14.0. The minimum absolute atomic E-state index is 0. The molecule has 0 fully saturated rings. The minimum Gasteiger partial charge on any atom is -0.415 e. The van der Waals surface area contributed by atoms with Gasteiger partial charge in [0, 0.05) is 0 Å². The van der Waals surface area contributed by atoms with Crippen LogP contribution >= 0.6 is 36.7 Å². The van der Waals surface area contributed by atoms with E-state index in [0.717, 1.165) is 0 Å². The molecule has 0 aliphatic rings. The summed E-state index contributed by atoms with van der Waals surface area (Å²) in [7, 11) is 0. The Bertz CT molecular complexity index is 126. The molecule has 0 aromatic carbocycles. The second-order valence-corrected chi connectivity index (χ2v) is 4.37. The number of hydrogen-bond acceptors (Lipinski definition) is 6. The van der Waals surface area contributed by atoms with Crippen LogP contribution in [0.3, 0.4) is 0 Å². The zero-order chi connectivity index (χ0) is 10.7. The molecular formula is C3H6N3NaS6Zn. The van der Waals surface area contributed by atoms with E-state index in [1.807, 2.05) is 0 Å². The fourth-order valence-electron chi connectivity index (χ4n) is 0. The van der Waals surface area contributed by atoms with Crippen molar-refractivity contribution < 1.29 is 49.0 Å². The van der Waals surface area contributed by atoms with Crippen molar-refractivity contribution in [3.05, 3.63) is 0 Å². The summed E-state index contributed by atoms with van der Waals surface area (Å²) in [5.74, 6) is 0. The van der Waals surface area contributed by atoms with Gasteiger partial charge in [0.05, 0.1) is 0 Å². The molecule has 0 spiro atoms. The average Bonchev–Trinajstić information content (AvgIpc) is 1.54. The van der Waals surface area contributed by atoms with E-state index in [1.165, 1.54) is 0 Å². The largest absolute Gasteiger partial charge is 2.00 e. The van der Waals surface area contributed by atoms with Gasteiger partial charge >= 0.3 is 49.0 Å². The van der Waals surface area contributed by atoms with E-state index in [0.29, 0.717) is 0 Å². The van der Waals surface area contributed by atoms with Crippen LogP contribution in [0.5, 0.6) is 0 Å². The van der Waals surface area contributed by atoms with Gasteiger partial charge in [-0.25, -0.2) is 0 Å². The molecule has 14 heavy (non-hydrogen) atoms. The Hall–Kier alpha value is 1.95. The Balaban J connectivity index is -0.0000000270. The molecule has 0 rings (SSSR count). The molecule has 0 aliphatic carbocycles. The summed E-state index contributed by atoms with van der Waals surface area (Å²) in [4.78, 5) is 0. The zero-order valence-corrected chi connectivity index (χ0v) is 17.3. The number of nitrogens with two attached hydrogens (primary N) is 3. The Morgan fingerprint density at radius 2 is 0.714 bits per heavy atom. The molecular weight excluding hydrogens is 359 g/mol. The van der Waals surface area contributed by atoms with Gasteiger partial charge in [0.25, 0.3) is 0 Å². The maximum atomic E-state index is 4.66. The van der Waals surface area contributed by atoms with Crippen molar-refractivity contribution in [3.8, 4) is 0 Å². The van der Waals surface area contributed by atoms with E-state index in [9.17, 15) is 0 Å². The predicted octanol–water partition coefficient (Wildman–Crippen LogP) is -3.67. The Kier molecular flexibility index (Phi) is 51.5. The van der Waals surface area contributed by atoms with Crippen molar-refractivity contribution in [2.75, 3.05) is 0 Å². The Labute approximate surface area is 151 Å². The standard InChI is InChI=1S/3CH3NS2.Na.Zn/c3*2-1(3)4;;/h3*(H3,2,3,4);;/q;;;+1;+2/p-3. The van der Waals surface area contributed by atoms with Crippen LogP contribution in [0, 0.1) is 0 Å². The molecule has 0 radical (unpaired) electrons. The smallest absolute Gasteiger partial charge is 0.415 e. The molecule has 0 saturated heterocycles. The number of hydrogen-bond donors (Lipinski definition) is 3. The first-order valence-corrected chi connectivity index (χ1v) is 4.54. The molecule has 0 heterocycles. The van der Waals surface area contributed by atoms with E-state index in [1.54, 1.807) is 0 Å². The first kappa shape index (κ1) is 29.7. The molecule has 0 atom stereocenters. The summed E-state index contributed by atoms with van der Waals surface area (Å²) in [6, 6.07) is 0. The monoisotopic (exact) mass is 363 g/mol. The van der Waals surface area contributed by atoms with Crippen LogP contribution in [0.1, 0.15) is 0 Å². The zero-order valence-electron chi connectivity index (χ0n) is 7.39. The van der Waals surface area contributed by atoms with E-state index in [4.69, 9.17) is 0 Å². The quantitative estimate of drug-likeness (QED) is 0.229. The van der Waals surface area contributed by atoms with Crippen molar-refractivity contribution in [3.63, 3.8) is 0 Å². The Morgan fingerprint density at radius 1 is 0.714 bits per heavy atom. The van der Waals surface area contributed by atoms with E-state index < -0.39 is 0 Å². The van der Waals surface area contributed by atoms with E-state index >= 15 is 0 Å². The molecule has 0 bridgehead atoms. The average molecular weight is 365 g/mol. The topological polar surface area (TPSA) is 78.1 Å². The summed E-state index contributed by atoms with van der Waals surface area (Å²) < 4.78 is 0.250. The molecule has 0 aromatic rings. The maximum absolute atomic E-state index is 4.66. The Morgan fingerprint density at radius 3 is 0.714 bits per heavy atom. The molecule has 3 nitrogen and oxygen atoms in total. The van der Waals surface area contributed by atoms with Crippen molar-refractivity contribution in [1.82, 2.24) is 0 Å². The van der Waals surface area contributed by atoms with Gasteiger partial charge in [0.1, 0.15) is 0 Å². The van der Waals surface area contributed by atoms with Crippen molar-refractivity contribution in [2.45, 2.75) is 0 Å². The third-order valence-electron chi connectivity index (χ3n) is 0. The van der Waals surface area contributed by atoms with Gasteiger partial charge in [-0.1, -0.05) is 13.0 Å².